The minimum Gasteiger partial charge on any atom is -0.508 e. The van der Waals surface area contributed by atoms with Crippen molar-refractivity contribution in [1.29, 1.82) is 0 Å². The van der Waals surface area contributed by atoms with Crippen molar-refractivity contribution in [3.05, 3.63) is 58.5 Å². The summed E-state index contributed by atoms with van der Waals surface area (Å²) in [4.78, 5) is 25.3. The average molecular weight is 416 g/mol. The van der Waals surface area contributed by atoms with Crippen LogP contribution in [0.1, 0.15) is 22.8 Å². The number of benzene rings is 2. The van der Waals surface area contributed by atoms with Crippen LogP contribution < -0.4 is 10.2 Å². The van der Waals surface area contributed by atoms with Crippen LogP contribution >= 0.6 is 24.0 Å². The van der Waals surface area contributed by atoms with E-state index in [0.29, 0.717) is 22.8 Å². The van der Waals surface area contributed by atoms with E-state index in [1.54, 1.807) is 25.1 Å². The number of thioether (sulfide) groups is 1. The van der Waals surface area contributed by atoms with Crippen molar-refractivity contribution in [3.63, 3.8) is 0 Å². The van der Waals surface area contributed by atoms with Crippen molar-refractivity contribution < 1.29 is 24.5 Å². The van der Waals surface area contributed by atoms with E-state index in [0.717, 1.165) is 16.8 Å². The Kier molecular flexibility index (Phi) is 5.86. The lowest BCUT2D eigenvalue weighted by atomic mass is 10.2. The maximum atomic E-state index is 12.6. The van der Waals surface area contributed by atoms with E-state index in [1.165, 1.54) is 30.3 Å². The Morgan fingerprint density at radius 1 is 1.29 bits per heavy atom. The number of phenols is 2. The van der Waals surface area contributed by atoms with Gasteiger partial charge in [0.2, 0.25) is 0 Å². The molecule has 1 saturated heterocycles. The number of hydrogen-bond acceptors (Lipinski definition) is 7. The number of hydrogen-bond donors (Lipinski definition) is 3. The lowest BCUT2D eigenvalue weighted by Gasteiger charge is -2.15. The Morgan fingerprint density at radius 2 is 2.07 bits per heavy atom. The molecular formula is C19H16N2O5S2. The second kappa shape index (κ2) is 8.32. The minimum atomic E-state index is -0.572. The molecule has 0 spiro atoms. The summed E-state index contributed by atoms with van der Waals surface area (Å²) < 4.78 is 5.51. The molecular weight excluding hydrogens is 400 g/mol. The fraction of sp³-hybridized carbons (Fsp3) is 0.105. The maximum Gasteiger partial charge on any atom is 0.285 e. The van der Waals surface area contributed by atoms with Gasteiger partial charge >= 0.3 is 0 Å². The van der Waals surface area contributed by atoms with Gasteiger partial charge in [0.25, 0.3) is 11.8 Å². The highest BCUT2D eigenvalue weighted by Gasteiger charge is 2.33. The number of carbonyl (C=O) groups excluding carboxylic acids is 2. The topological polar surface area (TPSA) is 99.1 Å². The molecule has 0 unspecified atom stereocenters. The molecule has 3 rings (SSSR count). The lowest BCUT2D eigenvalue weighted by molar-refractivity contribution is -0.123. The second-order valence-corrected chi connectivity index (χ2v) is 7.34. The van der Waals surface area contributed by atoms with Gasteiger partial charge in [-0.3, -0.25) is 15.0 Å². The first-order valence-corrected chi connectivity index (χ1v) is 9.45. The Labute approximate surface area is 170 Å². The number of aromatic hydroxyl groups is 2. The molecule has 0 aromatic heterocycles. The monoisotopic (exact) mass is 416 g/mol. The van der Waals surface area contributed by atoms with Gasteiger partial charge in [0.05, 0.1) is 11.5 Å². The van der Waals surface area contributed by atoms with Crippen LogP contribution in [0.5, 0.6) is 17.2 Å². The minimum absolute atomic E-state index is 0.00456. The number of nitrogens with zero attached hydrogens (tertiary/aromatic N) is 1. The molecule has 0 saturated carbocycles. The zero-order valence-corrected chi connectivity index (χ0v) is 16.3. The number of ether oxygens (including phenoxy) is 1. The van der Waals surface area contributed by atoms with Gasteiger partial charge in [-0.05, 0) is 61.1 Å². The summed E-state index contributed by atoms with van der Waals surface area (Å²) in [6, 6.07) is 10.5. The molecule has 0 aliphatic carbocycles. The summed E-state index contributed by atoms with van der Waals surface area (Å²) in [5.41, 5.74) is 3.28. The van der Waals surface area contributed by atoms with Crippen molar-refractivity contribution in [1.82, 2.24) is 10.4 Å². The van der Waals surface area contributed by atoms with Crippen molar-refractivity contribution in [3.8, 4) is 17.2 Å². The van der Waals surface area contributed by atoms with Gasteiger partial charge in [0, 0.05) is 5.56 Å². The first-order chi connectivity index (χ1) is 13.4. The Bertz CT molecular complexity index is 990. The number of nitrogens with one attached hydrogen (secondary N) is 1. The molecule has 1 aliphatic rings. The fourth-order valence-corrected chi connectivity index (χ4v) is 3.60. The highest BCUT2D eigenvalue weighted by atomic mass is 32.2. The van der Waals surface area contributed by atoms with Crippen molar-refractivity contribution in [2.75, 3.05) is 6.61 Å². The summed E-state index contributed by atoms with van der Waals surface area (Å²) in [6.07, 6.45) is 1.60. The fourth-order valence-electron chi connectivity index (χ4n) is 2.42. The predicted molar refractivity (Wildman–Crippen MR) is 110 cm³/mol. The van der Waals surface area contributed by atoms with Gasteiger partial charge < -0.3 is 14.9 Å². The normalized spacial score (nSPS) is 15.2. The summed E-state index contributed by atoms with van der Waals surface area (Å²) >= 11 is 6.23. The average Bonchev–Trinajstić information content (AvgIpc) is 2.92. The van der Waals surface area contributed by atoms with Gasteiger partial charge in [0.15, 0.2) is 15.8 Å². The second-order valence-electron chi connectivity index (χ2n) is 5.67. The predicted octanol–water partition coefficient (Wildman–Crippen LogP) is 3.04. The molecule has 0 bridgehead atoms. The third-order valence-electron chi connectivity index (χ3n) is 3.70. The molecule has 2 aromatic rings. The molecule has 1 heterocycles. The molecule has 9 heteroatoms. The maximum absolute atomic E-state index is 12.6. The van der Waals surface area contributed by atoms with Gasteiger partial charge in [0.1, 0.15) is 5.75 Å². The Morgan fingerprint density at radius 3 is 2.79 bits per heavy atom. The largest absolute Gasteiger partial charge is 0.508 e. The van der Waals surface area contributed by atoms with Gasteiger partial charge in [-0.1, -0.05) is 23.9 Å². The molecule has 2 aromatic carbocycles. The molecule has 1 fully saturated rings. The van der Waals surface area contributed by atoms with Crippen LogP contribution in [-0.4, -0.2) is 38.0 Å². The highest BCUT2D eigenvalue weighted by molar-refractivity contribution is 8.26. The molecule has 3 N–H and O–H groups in total. The Balaban J connectivity index is 1.79. The van der Waals surface area contributed by atoms with Gasteiger partial charge in [-0.25, -0.2) is 0 Å². The number of amides is 2. The van der Waals surface area contributed by atoms with Crippen molar-refractivity contribution in [2.24, 2.45) is 0 Å². The number of carbonyl (C=O) groups is 2. The van der Waals surface area contributed by atoms with Crippen LogP contribution in [0, 0.1) is 0 Å². The zero-order valence-electron chi connectivity index (χ0n) is 14.7. The van der Waals surface area contributed by atoms with E-state index in [2.05, 4.69) is 5.43 Å². The Hall–Kier alpha value is -3.04. The smallest absolute Gasteiger partial charge is 0.285 e. The van der Waals surface area contributed by atoms with E-state index >= 15 is 0 Å². The summed E-state index contributed by atoms with van der Waals surface area (Å²) in [5.74, 6) is -0.796. The van der Waals surface area contributed by atoms with E-state index in [1.807, 2.05) is 0 Å². The van der Waals surface area contributed by atoms with Crippen LogP contribution in [0.3, 0.4) is 0 Å². The first-order valence-electron chi connectivity index (χ1n) is 8.23. The highest BCUT2D eigenvalue weighted by Crippen LogP contribution is 2.33. The molecule has 28 heavy (non-hydrogen) atoms. The first kappa shape index (κ1) is 19.7. The molecule has 144 valence electrons. The number of rotatable bonds is 5. The van der Waals surface area contributed by atoms with Crippen LogP contribution in [0.25, 0.3) is 6.08 Å². The molecule has 0 radical (unpaired) electrons. The molecule has 1 aliphatic heterocycles. The number of phenolic OH excluding ortho intramolecular Hbond substituents is 2. The van der Waals surface area contributed by atoms with Gasteiger partial charge in [-0.15, -0.1) is 0 Å². The lowest BCUT2D eigenvalue weighted by Crippen LogP contribution is -2.44. The zero-order chi connectivity index (χ0) is 20.3. The summed E-state index contributed by atoms with van der Waals surface area (Å²) in [6.45, 7) is 2.19. The standard InChI is InChI=1S/C19H16N2O5S2/c1-2-26-15-8-11(6-7-14(15)23)9-16-18(25)21(19(27)28-16)20-17(24)12-4-3-5-13(22)10-12/h3-10,22-23H,2H2,1H3,(H,20,24)/b16-9-. The molecule has 0 atom stereocenters. The summed E-state index contributed by atoms with van der Waals surface area (Å²) in [5, 5.41) is 20.3. The van der Waals surface area contributed by atoms with Gasteiger partial charge in [-0.2, -0.15) is 5.01 Å². The molecule has 7 nitrogen and oxygen atoms in total. The number of thiocarbonyl (C=S) groups is 1. The van der Waals surface area contributed by atoms with E-state index in [-0.39, 0.29) is 21.4 Å². The van der Waals surface area contributed by atoms with Crippen LogP contribution in [0.2, 0.25) is 0 Å². The van der Waals surface area contributed by atoms with E-state index in [4.69, 9.17) is 17.0 Å². The van der Waals surface area contributed by atoms with Crippen molar-refractivity contribution in [2.45, 2.75) is 6.92 Å². The van der Waals surface area contributed by atoms with Crippen LogP contribution in [0.4, 0.5) is 0 Å². The van der Waals surface area contributed by atoms with Crippen LogP contribution in [-0.2, 0) is 4.79 Å². The van der Waals surface area contributed by atoms with E-state index in [9.17, 15) is 19.8 Å². The SMILES string of the molecule is CCOc1cc(/C=C2\SC(=S)N(NC(=O)c3cccc(O)c3)C2=O)ccc1O. The van der Waals surface area contributed by atoms with Crippen molar-refractivity contribution >= 4 is 46.2 Å². The number of hydrazine groups is 1. The molecule has 2 amide bonds. The summed E-state index contributed by atoms with van der Waals surface area (Å²) in [7, 11) is 0. The third kappa shape index (κ3) is 4.26. The van der Waals surface area contributed by atoms with E-state index < -0.39 is 11.8 Å². The third-order valence-corrected chi connectivity index (χ3v) is 5.00. The van der Waals surface area contributed by atoms with Crippen LogP contribution in [0.15, 0.2) is 47.4 Å². The quantitative estimate of drug-likeness (QED) is 0.509.